The Hall–Kier alpha value is -4.52. The molecule has 0 aliphatic heterocycles. The number of imidazole rings is 1. The van der Waals surface area contributed by atoms with Crippen molar-refractivity contribution < 1.29 is 13.9 Å². The van der Waals surface area contributed by atoms with Crippen molar-refractivity contribution in [1.82, 2.24) is 19.9 Å². The highest BCUT2D eigenvalue weighted by molar-refractivity contribution is 5.79. The van der Waals surface area contributed by atoms with Crippen LogP contribution in [0.3, 0.4) is 0 Å². The summed E-state index contributed by atoms with van der Waals surface area (Å²) in [5.74, 6) is 0.738. The van der Waals surface area contributed by atoms with Gasteiger partial charge in [-0.15, -0.1) is 0 Å². The molecule has 0 spiro atoms. The van der Waals surface area contributed by atoms with Gasteiger partial charge in [-0.3, -0.25) is 14.3 Å². The number of hydrogen-bond acceptors (Lipinski definition) is 4. The first-order valence-electron chi connectivity index (χ1n) is 11.3. The number of carbonyl (C=O) groups excluding carboxylic acids is 1. The van der Waals surface area contributed by atoms with Crippen LogP contribution in [0.5, 0.6) is 11.5 Å². The van der Waals surface area contributed by atoms with Crippen molar-refractivity contribution in [2.75, 3.05) is 0 Å². The summed E-state index contributed by atoms with van der Waals surface area (Å²) in [5.41, 5.74) is 3.53. The quantitative estimate of drug-likeness (QED) is 0.323. The SMILES string of the molecule is O=C(CCc1nc2ccccc2n1-c1ccccc1)NCc1ccc(Oc2cccnc2)c(F)c1. The Morgan fingerprint density at radius 2 is 1.80 bits per heavy atom. The molecular formula is C28H23FN4O2. The van der Waals surface area contributed by atoms with E-state index < -0.39 is 5.82 Å². The smallest absolute Gasteiger partial charge is 0.220 e. The number of carbonyl (C=O) groups is 1. The Labute approximate surface area is 202 Å². The second-order valence-corrected chi connectivity index (χ2v) is 8.02. The van der Waals surface area contributed by atoms with Crippen molar-refractivity contribution in [2.45, 2.75) is 19.4 Å². The van der Waals surface area contributed by atoms with E-state index in [2.05, 4.69) is 14.9 Å². The van der Waals surface area contributed by atoms with E-state index in [1.165, 1.54) is 12.3 Å². The minimum Gasteiger partial charge on any atom is -0.453 e. The maximum absolute atomic E-state index is 14.5. The van der Waals surface area contributed by atoms with Gasteiger partial charge in [-0.1, -0.05) is 36.4 Å². The van der Waals surface area contributed by atoms with Gasteiger partial charge in [0.15, 0.2) is 11.6 Å². The topological polar surface area (TPSA) is 69.0 Å². The van der Waals surface area contributed by atoms with Gasteiger partial charge in [-0.05, 0) is 54.1 Å². The lowest BCUT2D eigenvalue weighted by molar-refractivity contribution is -0.121. The standard InChI is InChI=1S/C28H23FN4O2/c29-23-17-20(12-13-26(23)35-22-9-6-16-30-19-22)18-31-28(34)15-14-27-32-24-10-4-5-11-25(24)33(27)21-7-2-1-3-8-21/h1-13,16-17,19H,14-15,18H2,(H,31,34). The fourth-order valence-corrected chi connectivity index (χ4v) is 3.89. The molecule has 2 aromatic heterocycles. The van der Waals surface area contributed by atoms with Gasteiger partial charge in [0.25, 0.3) is 0 Å². The second-order valence-electron chi connectivity index (χ2n) is 8.02. The fourth-order valence-electron chi connectivity index (χ4n) is 3.89. The van der Waals surface area contributed by atoms with E-state index >= 15 is 0 Å². The molecule has 3 aromatic carbocycles. The van der Waals surface area contributed by atoms with Gasteiger partial charge in [0, 0.05) is 31.3 Å². The Kier molecular flexibility index (Phi) is 6.48. The summed E-state index contributed by atoms with van der Waals surface area (Å²) in [6, 6.07) is 25.9. The predicted octanol–water partition coefficient (Wildman–Crippen LogP) is 5.60. The molecule has 0 aliphatic carbocycles. The first kappa shape index (κ1) is 22.3. The fraction of sp³-hybridized carbons (Fsp3) is 0.107. The normalized spacial score (nSPS) is 10.9. The van der Waals surface area contributed by atoms with Crippen molar-refractivity contribution in [1.29, 1.82) is 0 Å². The molecule has 6 nitrogen and oxygen atoms in total. The Morgan fingerprint density at radius 3 is 2.60 bits per heavy atom. The van der Waals surface area contributed by atoms with Crippen molar-refractivity contribution in [3.8, 4) is 17.2 Å². The van der Waals surface area contributed by atoms with Gasteiger partial charge >= 0.3 is 0 Å². The molecule has 0 unspecified atom stereocenters. The van der Waals surface area contributed by atoms with Crippen LogP contribution in [0, 0.1) is 5.82 Å². The number of para-hydroxylation sites is 3. The number of amides is 1. The third kappa shape index (κ3) is 5.19. The molecule has 0 radical (unpaired) electrons. The first-order valence-corrected chi connectivity index (χ1v) is 11.3. The summed E-state index contributed by atoms with van der Waals surface area (Å²) in [7, 11) is 0. The maximum Gasteiger partial charge on any atom is 0.220 e. The number of aromatic nitrogens is 3. The highest BCUT2D eigenvalue weighted by Crippen LogP contribution is 2.25. The van der Waals surface area contributed by atoms with E-state index in [4.69, 9.17) is 9.72 Å². The van der Waals surface area contributed by atoms with Crippen LogP contribution >= 0.6 is 0 Å². The van der Waals surface area contributed by atoms with Gasteiger partial charge in [0.2, 0.25) is 5.91 Å². The molecule has 0 atom stereocenters. The van der Waals surface area contributed by atoms with Gasteiger partial charge in [-0.2, -0.15) is 0 Å². The van der Waals surface area contributed by atoms with Crippen LogP contribution in [0.2, 0.25) is 0 Å². The van der Waals surface area contributed by atoms with Crippen LogP contribution in [0.15, 0.2) is 97.3 Å². The molecule has 5 aromatic rings. The molecule has 7 heteroatoms. The average molecular weight is 467 g/mol. The number of ether oxygens (including phenoxy) is 1. The van der Waals surface area contributed by atoms with Crippen molar-refractivity contribution in [2.24, 2.45) is 0 Å². The van der Waals surface area contributed by atoms with E-state index in [1.807, 2.05) is 54.6 Å². The molecule has 0 saturated heterocycles. The molecule has 5 rings (SSSR count). The summed E-state index contributed by atoms with van der Waals surface area (Å²) in [4.78, 5) is 21.3. The highest BCUT2D eigenvalue weighted by Gasteiger charge is 2.14. The summed E-state index contributed by atoms with van der Waals surface area (Å²) >= 11 is 0. The van der Waals surface area contributed by atoms with E-state index in [0.29, 0.717) is 17.7 Å². The number of fused-ring (bicyclic) bond motifs is 1. The summed E-state index contributed by atoms with van der Waals surface area (Å²) in [5, 5.41) is 2.87. The number of rotatable bonds is 8. The molecule has 0 bridgehead atoms. The van der Waals surface area contributed by atoms with Crippen LogP contribution in [0.4, 0.5) is 4.39 Å². The van der Waals surface area contributed by atoms with Crippen LogP contribution in [-0.2, 0) is 17.8 Å². The largest absolute Gasteiger partial charge is 0.453 e. The zero-order chi connectivity index (χ0) is 24.0. The molecule has 0 saturated carbocycles. The lowest BCUT2D eigenvalue weighted by atomic mass is 10.2. The maximum atomic E-state index is 14.5. The molecule has 35 heavy (non-hydrogen) atoms. The van der Waals surface area contributed by atoms with Gasteiger partial charge in [-0.25, -0.2) is 9.37 Å². The van der Waals surface area contributed by atoms with Gasteiger partial charge < -0.3 is 10.1 Å². The van der Waals surface area contributed by atoms with Gasteiger partial charge in [0.05, 0.1) is 17.2 Å². The number of nitrogens with one attached hydrogen (secondary N) is 1. The monoisotopic (exact) mass is 466 g/mol. The summed E-state index contributed by atoms with van der Waals surface area (Å²) < 4.78 is 22.1. The van der Waals surface area contributed by atoms with Crippen molar-refractivity contribution >= 4 is 16.9 Å². The third-order valence-electron chi connectivity index (χ3n) is 5.57. The van der Waals surface area contributed by atoms with Crippen LogP contribution in [0.25, 0.3) is 16.7 Å². The number of hydrogen-bond donors (Lipinski definition) is 1. The minimum atomic E-state index is -0.503. The zero-order valence-corrected chi connectivity index (χ0v) is 18.9. The van der Waals surface area contributed by atoms with E-state index in [0.717, 1.165) is 22.5 Å². The van der Waals surface area contributed by atoms with E-state index in [-0.39, 0.29) is 24.6 Å². The predicted molar refractivity (Wildman–Crippen MR) is 132 cm³/mol. The molecule has 2 heterocycles. The molecule has 1 amide bonds. The minimum absolute atomic E-state index is 0.105. The van der Waals surface area contributed by atoms with Crippen LogP contribution in [-0.4, -0.2) is 20.4 Å². The Morgan fingerprint density at radius 1 is 0.971 bits per heavy atom. The lowest BCUT2D eigenvalue weighted by Crippen LogP contribution is -2.23. The average Bonchev–Trinajstić information content (AvgIpc) is 3.27. The number of halogens is 1. The van der Waals surface area contributed by atoms with Crippen LogP contribution in [0.1, 0.15) is 17.8 Å². The third-order valence-corrected chi connectivity index (χ3v) is 5.57. The van der Waals surface area contributed by atoms with Gasteiger partial charge in [0.1, 0.15) is 11.6 Å². The highest BCUT2D eigenvalue weighted by atomic mass is 19.1. The van der Waals surface area contributed by atoms with Crippen LogP contribution < -0.4 is 10.1 Å². The molecule has 0 fully saturated rings. The van der Waals surface area contributed by atoms with E-state index in [1.54, 1.807) is 30.5 Å². The Balaban J connectivity index is 1.22. The van der Waals surface area contributed by atoms with Crippen molar-refractivity contribution in [3.63, 3.8) is 0 Å². The summed E-state index contributed by atoms with van der Waals surface area (Å²) in [6.45, 7) is 0.220. The first-order chi connectivity index (χ1) is 17.2. The number of pyridine rings is 1. The molecule has 1 N–H and O–H groups in total. The molecule has 174 valence electrons. The molecular weight excluding hydrogens is 443 g/mol. The number of nitrogens with zero attached hydrogens (tertiary/aromatic N) is 3. The zero-order valence-electron chi connectivity index (χ0n) is 18.9. The number of benzene rings is 3. The second kappa shape index (κ2) is 10.2. The summed E-state index contributed by atoms with van der Waals surface area (Å²) in [6.07, 6.45) is 3.87. The Bertz CT molecular complexity index is 1450. The number of aryl methyl sites for hydroxylation is 1. The van der Waals surface area contributed by atoms with Crippen molar-refractivity contribution in [3.05, 3.63) is 115 Å². The molecule has 0 aliphatic rings. The lowest BCUT2D eigenvalue weighted by Gasteiger charge is -2.10. The van der Waals surface area contributed by atoms with E-state index in [9.17, 15) is 9.18 Å².